The van der Waals surface area contributed by atoms with Gasteiger partial charge in [0.25, 0.3) is 0 Å². The smallest absolute Gasteiger partial charge is 0.145 e. The molecule has 0 bridgehead atoms. The zero-order valence-electron chi connectivity index (χ0n) is 11.2. The fraction of sp³-hybridized carbons (Fsp3) is 0.250. The lowest BCUT2D eigenvalue weighted by atomic mass is 9.86. The van der Waals surface area contributed by atoms with E-state index < -0.39 is 17.7 Å². The molecule has 5 heteroatoms. The highest BCUT2D eigenvalue weighted by Gasteiger charge is 2.30. The molecule has 0 fully saturated rings. The van der Waals surface area contributed by atoms with Gasteiger partial charge in [0.1, 0.15) is 17.4 Å². The van der Waals surface area contributed by atoms with Crippen LogP contribution < -0.4 is 10.5 Å². The van der Waals surface area contributed by atoms with E-state index in [1.54, 1.807) is 0 Å². The van der Waals surface area contributed by atoms with Crippen molar-refractivity contribution in [1.29, 1.82) is 0 Å². The molecule has 2 aromatic rings. The van der Waals surface area contributed by atoms with Gasteiger partial charge in [0.2, 0.25) is 0 Å². The minimum atomic E-state index is -0.754. The summed E-state index contributed by atoms with van der Waals surface area (Å²) in [4.78, 5) is 0. The first-order valence-corrected chi connectivity index (χ1v) is 7.47. The standard InChI is InChI=1S/C16H14BrF2NO/c17-11-5-6-12(18)14(15(11)19)16(20)10-7-9-3-1-2-4-13(9)21-8-10/h1-6,10,16H,7-8,20H2. The molecule has 0 aromatic heterocycles. The lowest BCUT2D eigenvalue weighted by Gasteiger charge is -2.30. The zero-order valence-corrected chi connectivity index (χ0v) is 12.7. The summed E-state index contributed by atoms with van der Waals surface area (Å²) >= 11 is 3.07. The summed E-state index contributed by atoms with van der Waals surface area (Å²) in [5.41, 5.74) is 7.04. The number of fused-ring (bicyclic) bond motifs is 1. The van der Waals surface area contributed by atoms with Gasteiger partial charge in [-0.15, -0.1) is 0 Å². The second kappa shape index (κ2) is 5.73. The Morgan fingerprint density at radius 1 is 1.19 bits per heavy atom. The molecule has 110 valence electrons. The number of rotatable bonds is 2. The molecule has 1 aliphatic rings. The van der Waals surface area contributed by atoms with Gasteiger partial charge in [-0.1, -0.05) is 18.2 Å². The molecule has 21 heavy (non-hydrogen) atoms. The Kier molecular flexibility index (Phi) is 3.95. The van der Waals surface area contributed by atoms with Crippen molar-refractivity contribution in [2.45, 2.75) is 12.5 Å². The van der Waals surface area contributed by atoms with Gasteiger partial charge in [0.15, 0.2) is 0 Å². The van der Waals surface area contributed by atoms with Crippen LogP contribution in [0.2, 0.25) is 0 Å². The largest absolute Gasteiger partial charge is 0.493 e. The van der Waals surface area contributed by atoms with Crippen molar-refractivity contribution < 1.29 is 13.5 Å². The first kappa shape index (κ1) is 14.5. The molecule has 2 atom stereocenters. The number of nitrogens with two attached hydrogens (primary N) is 1. The van der Waals surface area contributed by atoms with Crippen molar-refractivity contribution in [3.8, 4) is 5.75 Å². The number of hydrogen-bond donors (Lipinski definition) is 1. The molecule has 2 aromatic carbocycles. The fourth-order valence-corrected chi connectivity index (χ4v) is 3.01. The van der Waals surface area contributed by atoms with Crippen LogP contribution in [0, 0.1) is 17.6 Å². The third-order valence-electron chi connectivity index (χ3n) is 3.83. The predicted octanol–water partition coefficient (Wildman–Crippen LogP) is 3.98. The van der Waals surface area contributed by atoms with Crippen molar-refractivity contribution in [3.63, 3.8) is 0 Å². The highest BCUT2D eigenvalue weighted by molar-refractivity contribution is 9.10. The van der Waals surface area contributed by atoms with Crippen LogP contribution in [0.5, 0.6) is 5.75 Å². The number of halogens is 3. The van der Waals surface area contributed by atoms with Gasteiger partial charge in [0, 0.05) is 17.5 Å². The molecule has 0 amide bonds. The first-order valence-electron chi connectivity index (χ1n) is 6.67. The Hall–Kier alpha value is -1.46. The molecular weight excluding hydrogens is 340 g/mol. The SMILES string of the molecule is NC(c1c(F)ccc(Br)c1F)C1COc2ccccc2C1. The van der Waals surface area contributed by atoms with E-state index in [9.17, 15) is 8.78 Å². The van der Waals surface area contributed by atoms with Gasteiger partial charge < -0.3 is 10.5 Å². The van der Waals surface area contributed by atoms with E-state index in [2.05, 4.69) is 15.9 Å². The summed E-state index contributed by atoms with van der Waals surface area (Å²) in [5.74, 6) is -0.613. The molecular formula is C16H14BrF2NO. The number of hydrogen-bond acceptors (Lipinski definition) is 2. The molecule has 0 aliphatic carbocycles. The molecule has 0 saturated heterocycles. The van der Waals surface area contributed by atoms with Crippen molar-refractivity contribution in [3.05, 3.63) is 63.6 Å². The van der Waals surface area contributed by atoms with E-state index in [0.717, 1.165) is 11.3 Å². The Morgan fingerprint density at radius 2 is 1.95 bits per heavy atom. The quantitative estimate of drug-likeness (QED) is 0.828. The van der Waals surface area contributed by atoms with E-state index in [4.69, 9.17) is 10.5 Å². The van der Waals surface area contributed by atoms with E-state index in [1.807, 2.05) is 24.3 Å². The van der Waals surface area contributed by atoms with Gasteiger partial charge in [-0.2, -0.15) is 0 Å². The van der Waals surface area contributed by atoms with Crippen molar-refractivity contribution in [2.24, 2.45) is 11.7 Å². The Morgan fingerprint density at radius 3 is 2.76 bits per heavy atom. The molecule has 3 rings (SSSR count). The average molecular weight is 354 g/mol. The Labute approximate surface area is 130 Å². The van der Waals surface area contributed by atoms with Gasteiger partial charge >= 0.3 is 0 Å². The maximum atomic E-state index is 14.2. The van der Waals surface area contributed by atoms with Crippen LogP contribution >= 0.6 is 15.9 Å². The molecule has 0 spiro atoms. The second-order valence-corrected chi connectivity index (χ2v) is 6.02. The summed E-state index contributed by atoms with van der Waals surface area (Å²) in [6.07, 6.45) is 0.642. The molecule has 1 heterocycles. The maximum absolute atomic E-state index is 14.2. The van der Waals surface area contributed by atoms with Gasteiger partial charge in [-0.3, -0.25) is 0 Å². The lowest BCUT2D eigenvalue weighted by Crippen LogP contribution is -2.32. The number of para-hydroxylation sites is 1. The van der Waals surface area contributed by atoms with Crippen LogP contribution in [0.1, 0.15) is 17.2 Å². The monoisotopic (exact) mass is 353 g/mol. The van der Waals surface area contributed by atoms with Crippen LogP contribution in [-0.2, 0) is 6.42 Å². The van der Waals surface area contributed by atoms with E-state index in [0.29, 0.717) is 13.0 Å². The summed E-state index contributed by atoms with van der Waals surface area (Å²) in [6, 6.07) is 9.45. The summed E-state index contributed by atoms with van der Waals surface area (Å²) in [5, 5.41) is 0. The molecule has 2 N–H and O–H groups in total. The van der Waals surface area contributed by atoms with Gasteiger partial charge in [-0.05, 0) is 46.1 Å². The zero-order chi connectivity index (χ0) is 15.0. The molecule has 2 unspecified atom stereocenters. The highest BCUT2D eigenvalue weighted by Crippen LogP contribution is 2.35. The summed E-state index contributed by atoms with van der Waals surface area (Å²) in [7, 11) is 0. The van der Waals surface area contributed by atoms with E-state index in [-0.39, 0.29) is 16.0 Å². The van der Waals surface area contributed by atoms with Crippen LogP contribution in [0.15, 0.2) is 40.9 Å². The molecule has 0 radical (unpaired) electrons. The van der Waals surface area contributed by atoms with Crippen LogP contribution in [0.25, 0.3) is 0 Å². The Bertz CT molecular complexity index is 677. The number of benzene rings is 2. The van der Waals surface area contributed by atoms with Gasteiger partial charge in [-0.25, -0.2) is 8.78 Å². The van der Waals surface area contributed by atoms with Crippen LogP contribution in [0.4, 0.5) is 8.78 Å². The lowest BCUT2D eigenvalue weighted by molar-refractivity contribution is 0.196. The highest BCUT2D eigenvalue weighted by atomic mass is 79.9. The maximum Gasteiger partial charge on any atom is 0.145 e. The fourth-order valence-electron chi connectivity index (χ4n) is 2.67. The summed E-state index contributed by atoms with van der Waals surface area (Å²) < 4.78 is 34.0. The third kappa shape index (κ3) is 2.68. The van der Waals surface area contributed by atoms with Crippen molar-refractivity contribution in [2.75, 3.05) is 6.61 Å². The van der Waals surface area contributed by atoms with Crippen molar-refractivity contribution in [1.82, 2.24) is 0 Å². The first-order chi connectivity index (χ1) is 10.1. The predicted molar refractivity (Wildman–Crippen MR) is 80.1 cm³/mol. The average Bonchev–Trinajstić information content (AvgIpc) is 2.51. The second-order valence-electron chi connectivity index (χ2n) is 5.17. The molecule has 0 saturated carbocycles. The molecule has 2 nitrogen and oxygen atoms in total. The summed E-state index contributed by atoms with van der Waals surface area (Å²) in [6.45, 7) is 0.351. The topological polar surface area (TPSA) is 35.2 Å². The van der Waals surface area contributed by atoms with Crippen LogP contribution in [-0.4, -0.2) is 6.61 Å². The van der Waals surface area contributed by atoms with Crippen molar-refractivity contribution >= 4 is 15.9 Å². The molecule has 1 aliphatic heterocycles. The van der Waals surface area contributed by atoms with Crippen LogP contribution in [0.3, 0.4) is 0 Å². The third-order valence-corrected chi connectivity index (χ3v) is 4.44. The Balaban J connectivity index is 1.91. The van der Waals surface area contributed by atoms with E-state index >= 15 is 0 Å². The minimum absolute atomic E-state index is 0.0858. The minimum Gasteiger partial charge on any atom is -0.493 e. The van der Waals surface area contributed by atoms with E-state index in [1.165, 1.54) is 12.1 Å². The normalized spacial score (nSPS) is 18.8. The van der Waals surface area contributed by atoms with Gasteiger partial charge in [0.05, 0.1) is 11.1 Å². The number of ether oxygens (including phenoxy) is 1.